The lowest BCUT2D eigenvalue weighted by Gasteiger charge is -2.34. The Balaban J connectivity index is 0.00000400. The van der Waals surface area contributed by atoms with E-state index in [-0.39, 0.29) is 54.3 Å². The number of hydrogen-bond donors (Lipinski definition) is 0. The predicted molar refractivity (Wildman–Crippen MR) is 152 cm³/mol. The second-order valence-corrected chi connectivity index (χ2v) is 12.1. The molecule has 0 aliphatic carbocycles. The van der Waals surface area contributed by atoms with Gasteiger partial charge < -0.3 is 9.64 Å². The third-order valence-electron chi connectivity index (χ3n) is 6.47. The number of thiazole rings is 1. The van der Waals surface area contributed by atoms with Crippen LogP contribution in [0.15, 0.2) is 47.4 Å². The van der Waals surface area contributed by atoms with Crippen LogP contribution in [0, 0.1) is 5.82 Å². The maximum atomic E-state index is 13.8. The Hall–Kier alpha value is -2.15. The van der Waals surface area contributed by atoms with E-state index in [1.54, 1.807) is 23.1 Å². The Morgan fingerprint density at radius 3 is 2.32 bits per heavy atom. The largest absolute Gasteiger partial charge is 0.373 e. The van der Waals surface area contributed by atoms with E-state index in [0.717, 1.165) is 13.1 Å². The van der Waals surface area contributed by atoms with Crippen LogP contribution in [-0.2, 0) is 14.8 Å². The molecule has 2 heterocycles. The second-order valence-electron chi connectivity index (χ2n) is 9.20. The molecule has 1 aromatic heterocycles. The number of carbonyl (C=O) groups excluding carboxylic acids is 1. The molecule has 12 heteroatoms. The van der Waals surface area contributed by atoms with E-state index in [2.05, 4.69) is 23.7 Å². The number of aromatic nitrogens is 1. The van der Waals surface area contributed by atoms with E-state index in [9.17, 15) is 17.6 Å². The van der Waals surface area contributed by atoms with Crippen molar-refractivity contribution in [3.8, 4) is 0 Å². The van der Waals surface area contributed by atoms with E-state index in [4.69, 9.17) is 4.74 Å². The van der Waals surface area contributed by atoms with E-state index >= 15 is 0 Å². The van der Waals surface area contributed by atoms with Gasteiger partial charge in [-0.15, -0.1) is 12.4 Å². The molecule has 1 saturated heterocycles. The monoisotopic (exact) mass is 584 g/mol. The minimum absolute atomic E-state index is 0. The van der Waals surface area contributed by atoms with Crippen LogP contribution in [0.25, 0.3) is 10.2 Å². The quantitative estimate of drug-likeness (QED) is 0.364. The summed E-state index contributed by atoms with van der Waals surface area (Å²) in [4.78, 5) is 22.2. The smallest absolute Gasteiger partial charge is 0.260 e. The molecule has 3 aromatic rings. The molecule has 2 atom stereocenters. The zero-order chi connectivity index (χ0) is 26.7. The lowest BCUT2D eigenvalue weighted by molar-refractivity contribution is -0.0440. The molecule has 1 fully saturated rings. The van der Waals surface area contributed by atoms with Crippen molar-refractivity contribution in [2.75, 3.05) is 44.2 Å². The molecule has 8 nitrogen and oxygen atoms in total. The van der Waals surface area contributed by atoms with Crippen molar-refractivity contribution < 1.29 is 22.3 Å². The van der Waals surface area contributed by atoms with E-state index in [0.29, 0.717) is 34.0 Å². The molecule has 0 saturated carbocycles. The van der Waals surface area contributed by atoms with Crippen LogP contribution in [0.5, 0.6) is 0 Å². The molecule has 0 radical (unpaired) electrons. The van der Waals surface area contributed by atoms with Gasteiger partial charge in [0.15, 0.2) is 5.13 Å². The number of morpholine rings is 1. The van der Waals surface area contributed by atoms with Gasteiger partial charge >= 0.3 is 0 Å². The zero-order valence-corrected chi connectivity index (χ0v) is 24.4. The van der Waals surface area contributed by atoms with Gasteiger partial charge in [-0.2, -0.15) is 4.31 Å². The molecule has 1 amide bonds. The summed E-state index contributed by atoms with van der Waals surface area (Å²) in [5.41, 5.74) is 0.977. The molecule has 0 bridgehead atoms. The Bertz CT molecular complexity index is 1340. The molecule has 2 aromatic carbocycles. The molecule has 38 heavy (non-hydrogen) atoms. The summed E-state index contributed by atoms with van der Waals surface area (Å²) >= 11 is 1.26. The van der Waals surface area contributed by atoms with Crippen molar-refractivity contribution in [2.24, 2.45) is 0 Å². The number of carbonyl (C=O) groups is 1. The van der Waals surface area contributed by atoms with E-state index in [1.165, 1.54) is 39.9 Å². The number of rotatable bonds is 9. The van der Waals surface area contributed by atoms with Crippen molar-refractivity contribution in [2.45, 2.75) is 44.8 Å². The lowest BCUT2D eigenvalue weighted by Crippen LogP contribution is -2.48. The van der Waals surface area contributed by atoms with Crippen LogP contribution in [0.4, 0.5) is 9.52 Å². The minimum Gasteiger partial charge on any atom is -0.373 e. The van der Waals surface area contributed by atoms with Gasteiger partial charge in [-0.25, -0.2) is 17.8 Å². The number of fused-ring (bicyclic) bond motifs is 1. The topological polar surface area (TPSA) is 83.1 Å². The third-order valence-corrected chi connectivity index (χ3v) is 9.36. The van der Waals surface area contributed by atoms with Crippen LogP contribution < -0.4 is 4.90 Å². The van der Waals surface area contributed by atoms with Crippen molar-refractivity contribution >= 4 is 55.0 Å². The first-order valence-corrected chi connectivity index (χ1v) is 14.7. The first-order valence-electron chi connectivity index (χ1n) is 12.5. The summed E-state index contributed by atoms with van der Waals surface area (Å²) in [6.07, 6.45) is -0.387. The number of halogens is 2. The Kier molecular flexibility index (Phi) is 10.2. The van der Waals surface area contributed by atoms with E-state index < -0.39 is 10.0 Å². The molecule has 1 aliphatic rings. The number of sulfonamides is 1. The normalized spacial score (nSPS) is 18.5. The van der Waals surface area contributed by atoms with Gasteiger partial charge in [0.05, 0.1) is 27.3 Å². The number of amides is 1. The number of hydrogen-bond acceptors (Lipinski definition) is 7. The second kappa shape index (κ2) is 12.8. The van der Waals surface area contributed by atoms with Crippen molar-refractivity contribution in [3.05, 3.63) is 53.8 Å². The third kappa shape index (κ3) is 6.70. The Morgan fingerprint density at radius 1 is 1.08 bits per heavy atom. The number of anilines is 1. The fourth-order valence-corrected chi connectivity index (χ4v) is 7.07. The standard InChI is InChI=1S/C26H33FN4O4S2.ClH/c1-5-29(6-2)13-14-31(26-28-23-12-9-21(27)15-24(23)36-26)25(32)20-7-10-22(11-8-20)37(33,34)30-16-18(3)35-19(4)17-30;/h7-12,15,18-19H,5-6,13-14,16-17H2,1-4H3;1H. The van der Waals surface area contributed by atoms with Crippen molar-refractivity contribution in [3.63, 3.8) is 0 Å². The van der Waals surface area contributed by atoms with Gasteiger partial charge in [0, 0.05) is 31.7 Å². The first kappa shape index (κ1) is 30.4. The van der Waals surface area contributed by atoms with Gasteiger partial charge in [0.1, 0.15) is 5.82 Å². The number of benzene rings is 2. The molecule has 208 valence electrons. The lowest BCUT2D eigenvalue weighted by atomic mass is 10.2. The average molecular weight is 585 g/mol. The predicted octanol–water partition coefficient (Wildman–Crippen LogP) is 4.64. The number of nitrogens with zero attached hydrogens (tertiary/aromatic N) is 4. The van der Waals surface area contributed by atoms with Gasteiger partial charge in [-0.1, -0.05) is 25.2 Å². The molecular weight excluding hydrogens is 551 g/mol. The maximum Gasteiger partial charge on any atom is 0.260 e. The van der Waals surface area contributed by atoms with Gasteiger partial charge in [0.2, 0.25) is 10.0 Å². The molecule has 0 N–H and O–H groups in total. The zero-order valence-electron chi connectivity index (χ0n) is 22.0. The van der Waals surface area contributed by atoms with Crippen LogP contribution in [0.2, 0.25) is 0 Å². The van der Waals surface area contributed by atoms with Gasteiger partial charge in [-0.05, 0) is 69.4 Å². The van der Waals surface area contributed by atoms with Crippen LogP contribution >= 0.6 is 23.7 Å². The van der Waals surface area contributed by atoms with Crippen LogP contribution in [-0.4, -0.2) is 80.0 Å². The molecular formula is C26H34ClFN4O4S2. The summed E-state index contributed by atoms with van der Waals surface area (Å²) in [6, 6.07) is 10.4. The van der Waals surface area contributed by atoms with Crippen molar-refractivity contribution in [1.82, 2.24) is 14.2 Å². The van der Waals surface area contributed by atoms with E-state index in [1.807, 2.05) is 13.8 Å². The SMILES string of the molecule is CCN(CC)CCN(C(=O)c1ccc(S(=O)(=O)N2CC(C)OC(C)C2)cc1)c1nc2ccc(F)cc2s1.Cl. The summed E-state index contributed by atoms with van der Waals surface area (Å²) < 4.78 is 47.9. The summed E-state index contributed by atoms with van der Waals surface area (Å²) in [7, 11) is -3.72. The fraction of sp³-hybridized carbons (Fsp3) is 0.462. The summed E-state index contributed by atoms with van der Waals surface area (Å²) in [5, 5.41) is 0.478. The Morgan fingerprint density at radius 2 is 1.71 bits per heavy atom. The van der Waals surface area contributed by atoms with Crippen molar-refractivity contribution in [1.29, 1.82) is 0 Å². The van der Waals surface area contributed by atoms with Gasteiger partial charge in [-0.3, -0.25) is 9.69 Å². The highest BCUT2D eigenvalue weighted by molar-refractivity contribution is 7.89. The number of ether oxygens (including phenoxy) is 1. The summed E-state index contributed by atoms with van der Waals surface area (Å²) in [6.45, 7) is 11.1. The average Bonchev–Trinajstić information content (AvgIpc) is 3.28. The first-order chi connectivity index (χ1) is 17.6. The van der Waals surface area contributed by atoms with Gasteiger partial charge in [0.25, 0.3) is 5.91 Å². The minimum atomic E-state index is -3.72. The maximum absolute atomic E-state index is 13.8. The van der Waals surface area contributed by atoms with Crippen LogP contribution in [0.3, 0.4) is 0 Å². The Labute approximate surface area is 233 Å². The number of likely N-dealkylation sites (N-methyl/N-ethyl adjacent to an activating group) is 1. The molecule has 0 spiro atoms. The fourth-order valence-electron chi connectivity index (χ4n) is 4.47. The molecule has 2 unspecified atom stereocenters. The molecule has 1 aliphatic heterocycles. The highest BCUT2D eigenvalue weighted by Gasteiger charge is 2.32. The molecule has 4 rings (SSSR count). The van der Waals surface area contributed by atoms with Crippen LogP contribution in [0.1, 0.15) is 38.1 Å². The summed E-state index contributed by atoms with van der Waals surface area (Å²) in [5.74, 6) is -0.645. The highest BCUT2D eigenvalue weighted by atomic mass is 35.5. The highest BCUT2D eigenvalue weighted by Crippen LogP contribution is 2.30.